The van der Waals surface area contributed by atoms with E-state index < -0.39 is 0 Å². The van der Waals surface area contributed by atoms with Crippen LogP contribution in [0.5, 0.6) is 0 Å². The largest absolute Gasteiger partial charge is 0.260 e. The molecule has 5 nitrogen and oxygen atoms in total. The lowest BCUT2D eigenvalue weighted by molar-refractivity contribution is 1.12. The molecular weight excluding hydrogens is 286 g/mol. The van der Waals surface area contributed by atoms with E-state index in [1.54, 1.807) is 0 Å². The maximum Gasteiger partial charge on any atom is 0.115 e. The van der Waals surface area contributed by atoms with E-state index in [9.17, 15) is 0 Å². The SMILES string of the molecule is c1ccc(N=Nc2ccccc2N=NNc2ccccc2)cc1. The van der Waals surface area contributed by atoms with Crippen LogP contribution in [0, 0.1) is 0 Å². The fraction of sp³-hybridized carbons (Fsp3) is 0. The highest BCUT2D eigenvalue weighted by atomic mass is 15.4. The van der Waals surface area contributed by atoms with Gasteiger partial charge in [-0.25, -0.2) is 0 Å². The van der Waals surface area contributed by atoms with Crippen LogP contribution in [0.4, 0.5) is 22.7 Å². The third kappa shape index (κ3) is 4.31. The fourth-order valence-corrected chi connectivity index (χ4v) is 1.89. The number of hydrogen-bond donors (Lipinski definition) is 1. The Morgan fingerprint density at radius 3 is 1.78 bits per heavy atom. The number of nitrogens with zero attached hydrogens (tertiary/aromatic N) is 4. The molecule has 0 aliphatic heterocycles. The number of nitrogens with one attached hydrogen (secondary N) is 1. The third-order valence-electron chi connectivity index (χ3n) is 3.02. The Bertz CT molecular complexity index is 798. The second-order valence-corrected chi connectivity index (χ2v) is 4.70. The molecule has 3 rings (SSSR count). The predicted octanol–water partition coefficient (Wildman–Crippen LogP) is 6.21. The summed E-state index contributed by atoms with van der Waals surface area (Å²) < 4.78 is 0. The summed E-state index contributed by atoms with van der Waals surface area (Å²) in [6, 6.07) is 26.7. The Kier molecular flexibility index (Phi) is 4.83. The van der Waals surface area contributed by atoms with Gasteiger partial charge >= 0.3 is 0 Å². The van der Waals surface area contributed by atoms with Crippen LogP contribution in [0.1, 0.15) is 0 Å². The lowest BCUT2D eigenvalue weighted by Crippen LogP contribution is -1.84. The number of anilines is 1. The molecule has 3 aromatic rings. The van der Waals surface area contributed by atoms with Gasteiger partial charge in [-0.2, -0.15) is 5.11 Å². The highest BCUT2D eigenvalue weighted by Crippen LogP contribution is 2.29. The van der Waals surface area contributed by atoms with Crippen LogP contribution in [-0.4, -0.2) is 0 Å². The molecule has 0 heterocycles. The summed E-state index contributed by atoms with van der Waals surface area (Å²) in [5.74, 6) is 0. The van der Waals surface area contributed by atoms with Crippen LogP contribution >= 0.6 is 0 Å². The maximum absolute atomic E-state index is 4.25. The van der Waals surface area contributed by atoms with Gasteiger partial charge in [0.1, 0.15) is 11.4 Å². The zero-order valence-corrected chi connectivity index (χ0v) is 12.4. The van der Waals surface area contributed by atoms with E-state index in [0.29, 0.717) is 11.4 Å². The van der Waals surface area contributed by atoms with Gasteiger partial charge in [-0.1, -0.05) is 53.8 Å². The van der Waals surface area contributed by atoms with Crippen molar-refractivity contribution in [1.82, 2.24) is 0 Å². The number of azo groups is 1. The molecule has 5 heteroatoms. The van der Waals surface area contributed by atoms with E-state index in [-0.39, 0.29) is 0 Å². The van der Waals surface area contributed by atoms with Gasteiger partial charge in [0, 0.05) is 0 Å². The Morgan fingerprint density at radius 1 is 0.522 bits per heavy atom. The summed E-state index contributed by atoms with van der Waals surface area (Å²) in [4.78, 5) is 0. The van der Waals surface area contributed by atoms with Gasteiger partial charge in [0.25, 0.3) is 0 Å². The number of rotatable bonds is 5. The highest BCUT2D eigenvalue weighted by Gasteiger charge is 1.99. The first kappa shape index (κ1) is 14.6. The van der Waals surface area contributed by atoms with E-state index in [2.05, 4.69) is 26.0 Å². The molecule has 0 atom stereocenters. The molecule has 0 aliphatic rings. The lowest BCUT2D eigenvalue weighted by atomic mass is 10.3. The van der Waals surface area contributed by atoms with Crippen LogP contribution in [0.3, 0.4) is 0 Å². The van der Waals surface area contributed by atoms with E-state index in [1.807, 2.05) is 84.9 Å². The summed E-state index contributed by atoms with van der Waals surface area (Å²) in [7, 11) is 0. The highest BCUT2D eigenvalue weighted by molar-refractivity contribution is 5.60. The van der Waals surface area contributed by atoms with Gasteiger partial charge in [0.15, 0.2) is 0 Å². The standard InChI is InChI=1S/C18H15N5/c1-3-9-15(10-4-1)19-21-17-13-7-8-14-18(17)22-23-20-16-11-5-2-6-12-16/h1-14H,(H,20,22). The molecule has 0 amide bonds. The van der Waals surface area contributed by atoms with Crippen molar-refractivity contribution >= 4 is 22.7 Å². The van der Waals surface area contributed by atoms with Gasteiger partial charge < -0.3 is 0 Å². The van der Waals surface area contributed by atoms with Crippen LogP contribution in [0.15, 0.2) is 105 Å². The van der Waals surface area contributed by atoms with E-state index in [1.165, 1.54) is 0 Å². The minimum atomic E-state index is 0.649. The normalized spacial score (nSPS) is 11.1. The minimum Gasteiger partial charge on any atom is -0.260 e. The second kappa shape index (κ2) is 7.61. The minimum absolute atomic E-state index is 0.649. The Balaban J connectivity index is 1.74. The topological polar surface area (TPSA) is 61.5 Å². The first-order chi connectivity index (χ1) is 11.4. The monoisotopic (exact) mass is 301 g/mol. The molecule has 0 bridgehead atoms. The number of para-hydroxylation sites is 1. The summed E-state index contributed by atoms with van der Waals surface area (Å²) in [5.41, 5.74) is 5.86. The molecule has 0 radical (unpaired) electrons. The summed E-state index contributed by atoms with van der Waals surface area (Å²) >= 11 is 0. The zero-order chi connectivity index (χ0) is 15.7. The molecule has 112 valence electrons. The molecule has 0 unspecified atom stereocenters. The molecule has 0 aliphatic carbocycles. The van der Waals surface area contributed by atoms with Crippen molar-refractivity contribution in [3.05, 3.63) is 84.9 Å². The smallest absolute Gasteiger partial charge is 0.115 e. The fourth-order valence-electron chi connectivity index (χ4n) is 1.89. The Morgan fingerprint density at radius 2 is 1.09 bits per heavy atom. The molecule has 0 saturated heterocycles. The Labute approximate surface area is 134 Å². The van der Waals surface area contributed by atoms with Crippen molar-refractivity contribution in [2.24, 2.45) is 20.6 Å². The maximum atomic E-state index is 4.25. The van der Waals surface area contributed by atoms with Crippen molar-refractivity contribution < 1.29 is 0 Å². The third-order valence-corrected chi connectivity index (χ3v) is 3.02. The average Bonchev–Trinajstić information content (AvgIpc) is 2.63. The molecule has 0 saturated carbocycles. The van der Waals surface area contributed by atoms with Crippen molar-refractivity contribution in [3.63, 3.8) is 0 Å². The van der Waals surface area contributed by atoms with E-state index in [4.69, 9.17) is 0 Å². The first-order valence-corrected chi connectivity index (χ1v) is 7.19. The predicted molar refractivity (Wildman–Crippen MR) is 91.6 cm³/mol. The quantitative estimate of drug-likeness (QED) is 0.441. The van der Waals surface area contributed by atoms with Crippen LogP contribution in [0.25, 0.3) is 0 Å². The first-order valence-electron chi connectivity index (χ1n) is 7.19. The molecular formula is C18H15N5. The van der Waals surface area contributed by atoms with E-state index in [0.717, 1.165) is 11.4 Å². The van der Waals surface area contributed by atoms with Crippen LogP contribution in [0.2, 0.25) is 0 Å². The second-order valence-electron chi connectivity index (χ2n) is 4.70. The average molecular weight is 301 g/mol. The molecule has 23 heavy (non-hydrogen) atoms. The van der Waals surface area contributed by atoms with Crippen molar-refractivity contribution in [1.29, 1.82) is 0 Å². The molecule has 0 aromatic heterocycles. The zero-order valence-electron chi connectivity index (χ0n) is 12.4. The van der Waals surface area contributed by atoms with Crippen molar-refractivity contribution in [2.75, 3.05) is 5.43 Å². The number of hydrogen-bond acceptors (Lipinski definition) is 4. The van der Waals surface area contributed by atoms with Crippen molar-refractivity contribution in [3.8, 4) is 0 Å². The van der Waals surface area contributed by atoms with Crippen LogP contribution in [-0.2, 0) is 0 Å². The number of benzene rings is 3. The lowest BCUT2D eigenvalue weighted by Gasteiger charge is -1.99. The van der Waals surface area contributed by atoms with Gasteiger partial charge in [-0.3, -0.25) is 5.43 Å². The molecule has 3 aromatic carbocycles. The van der Waals surface area contributed by atoms with Crippen LogP contribution < -0.4 is 5.43 Å². The Hall–Kier alpha value is -3.34. The summed E-state index contributed by atoms with van der Waals surface area (Å²) in [6.07, 6.45) is 0. The molecule has 1 N–H and O–H groups in total. The van der Waals surface area contributed by atoms with Gasteiger partial charge in [0.2, 0.25) is 0 Å². The summed E-state index contributed by atoms with van der Waals surface area (Å²) in [5, 5.41) is 16.6. The van der Waals surface area contributed by atoms with Gasteiger partial charge in [-0.15, -0.1) is 10.2 Å². The van der Waals surface area contributed by atoms with Gasteiger partial charge in [-0.05, 0) is 36.4 Å². The van der Waals surface area contributed by atoms with E-state index >= 15 is 0 Å². The van der Waals surface area contributed by atoms with Gasteiger partial charge in [0.05, 0.1) is 11.4 Å². The molecule has 0 spiro atoms. The van der Waals surface area contributed by atoms with Crippen molar-refractivity contribution in [2.45, 2.75) is 0 Å². The molecule has 0 fully saturated rings. The summed E-state index contributed by atoms with van der Waals surface area (Å²) in [6.45, 7) is 0.